The maximum atomic E-state index is 4.96. The molecule has 0 saturated heterocycles. The van der Waals surface area contributed by atoms with Crippen molar-refractivity contribution in [3.63, 3.8) is 0 Å². The van der Waals surface area contributed by atoms with Gasteiger partial charge >= 0.3 is 0 Å². The van der Waals surface area contributed by atoms with Gasteiger partial charge in [-0.15, -0.1) is 11.3 Å². The number of nitrogens with zero attached hydrogens (tertiary/aromatic N) is 6. The molecule has 5 aromatic carbocycles. The van der Waals surface area contributed by atoms with Crippen molar-refractivity contribution in [3.05, 3.63) is 158 Å². The highest BCUT2D eigenvalue weighted by Crippen LogP contribution is 2.38. The van der Waals surface area contributed by atoms with E-state index in [0.717, 1.165) is 65.1 Å². The second kappa shape index (κ2) is 12.3. The third kappa shape index (κ3) is 5.52. The van der Waals surface area contributed by atoms with Crippen molar-refractivity contribution in [3.8, 4) is 67.7 Å². The summed E-state index contributed by atoms with van der Waals surface area (Å²) in [6.07, 6.45) is 3.57. The minimum atomic E-state index is 0.616. The predicted octanol–water partition coefficient (Wildman–Crippen LogP) is 10.4. The second-order valence-electron chi connectivity index (χ2n) is 11.6. The lowest BCUT2D eigenvalue weighted by Gasteiger charge is -2.10. The first-order valence-corrected chi connectivity index (χ1v) is 16.8. The van der Waals surface area contributed by atoms with Crippen LogP contribution in [0, 0.1) is 0 Å². The topological polar surface area (TPSA) is 77.3 Å². The Hall–Kier alpha value is -6.44. The molecule has 0 radical (unpaired) electrons. The van der Waals surface area contributed by atoms with E-state index < -0.39 is 0 Å². The van der Waals surface area contributed by atoms with Gasteiger partial charge in [0.2, 0.25) is 0 Å². The Morgan fingerprint density at radius 2 is 0.837 bits per heavy atom. The first-order valence-electron chi connectivity index (χ1n) is 15.9. The molecular formula is C42H26N6S. The Kier molecular flexibility index (Phi) is 7.22. The van der Waals surface area contributed by atoms with E-state index in [1.165, 1.54) is 5.56 Å². The standard InChI is InChI=1S/C42H26N6S/c1-4-10-27(11-5-1)28-16-20-32(21-17-28)40-46-39(31-14-8-3-9-15-31)47-41(48-40)33-22-18-29(19-23-33)34-24-35-37-38(49-42(35)43-25-34)36(44-26-45-37)30-12-6-2-7-13-30/h1-26H. The summed E-state index contributed by atoms with van der Waals surface area (Å²) >= 11 is 1.63. The number of fused-ring (bicyclic) bond motifs is 3. The van der Waals surface area contributed by atoms with E-state index in [1.54, 1.807) is 17.7 Å². The first-order chi connectivity index (χ1) is 24.3. The summed E-state index contributed by atoms with van der Waals surface area (Å²) in [7, 11) is 0. The van der Waals surface area contributed by atoms with Gasteiger partial charge in [0, 0.05) is 39.4 Å². The molecule has 6 nitrogen and oxygen atoms in total. The maximum Gasteiger partial charge on any atom is 0.164 e. The minimum Gasteiger partial charge on any atom is -0.245 e. The summed E-state index contributed by atoms with van der Waals surface area (Å²) in [5.74, 6) is 1.88. The van der Waals surface area contributed by atoms with Gasteiger partial charge in [-0.25, -0.2) is 29.9 Å². The highest BCUT2D eigenvalue weighted by Gasteiger charge is 2.16. The zero-order chi connectivity index (χ0) is 32.6. The van der Waals surface area contributed by atoms with Crippen LogP contribution in [0.15, 0.2) is 158 Å². The van der Waals surface area contributed by atoms with Gasteiger partial charge < -0.3 is 0 Å². The Bertz CT molecular complexity index is 2570. The van der Waals surface area contributed by atoms with E-state index in [2.05, 4.69) is 88.8 Å². The fourth-order valence-corrected chi connectivity index (χ4v) is 7.12. The smallest absolute Gasteiger partial charge is 0.164 e. The number of aromatic nitrogens is 6. The Morgan fingerprint density at radius 3 is 1.41 bits per heavy atom. The molecule has 49 heavy (non-hydrogen) atoms. The molecule has 0 aliphatic rings. The minimum absolute atomic E-state index is 0.616. The van der Waals surface area contributed by atoms with Crippen molar-refractivity contribution >= 4 is 31.8 Å². The van der Waals surface area contributed by atoms with Crippen LogP contribution in [0.5, 0.6) is 0 Å². The second-order valence-corrected chi connectivity index (χ2v) is 12.6. The molecule has 0 fully saturated rings. The van der Waals surface area contributed by atoms with E-state index >= 15 is 0 Å². The summed E-state index contributed by atoms with van der Waals surface area (Å²) in [6.45, 7) is 0. The fraction of sp³-hybridized carbons (Fsp3) is 0. The van der Waals surface area contributed by atoms with Crippen molar-refractivity contribution in [2.24, 2.45) is 0 Å². The van der Waals surface area contributed by atoms with Crippen molar-refractivity contribution in [2.75, 3.05) is 0 Å². The third-order valence-electron chi connectivity index (χ3n) is 8.55. The molecule has 0 aliphatic carbocycles. The first kappa shape index (κ1) is 28.8. The van der Waals surface area contributed by atoms with Crippen LogP contribution in [-0.4, -0.2) is 29.9 Å². The number of thiophene rings is 1. The predicted molar refractivity (Wildman–Crippen MR) is 199 cm³/mol. The number of hydrogen-bond donors (Lipinski definition) is 0. The van der Waals surface area contributed by atoms with Crippen LogP contribution in [0.25, 0.3) is 88.1 Å². The normalized spacial score (nSPS) is 11.3. The molecular weight excluding hydrogens is 621 g/mol. The highest BCUT2D eigenvalue weighted by molar-refractivity contribution is 7.25. The van der Waals surface area contributed by atoms with Crippen LogP contribution < -0.4 is 0 Å². The molecule has 0 spiro atoms. The van der Waals surface area contributed by atoms with E-state index in [0.29, 0.717) is 17.5 Å². The van der Waals surface area contributed by atoms with Crippen LogP contribution in [0.3, 0.4) is 0 Å². The van der Waals surface area contributed by atoms with E-state index in [1.807, 2.05) is 72.9 Å². The lowest BCUT2D eigenvalue weighted by Crippen LogP contribution is -2.00. The van der Waals surface area contributed by atoms with E-state index in [-0.39, 0.29) is 0 Å². The molecule has 0 unspecified atom stereocenters. The van der Waals surface area contributed by atoms with Crippen molar-refractivity contribution in [1.82, 2.24) is 29.9 Å². The van der Waals surface area contributed by atoms with Gasteiger partial charge in [-0.2, -0.15) is 0 Å². The monoisotopic (exact) mass is 646 g/mol. The van der Waals surface area contributed by atoms with Gasteiger partial charge in [-0.1, -0.05) is 140 Å². The summed E-state index contributed by atoms with van der Waals surface area (Å²) in [5.41, 5.74) is 10.1. The molecule has 230 valence electrons. The zero-order valence-corrected chi connectivity index (χ0v) is 26.9. The van der Waals surface area contributed by atoms with E-state index in [9.17, 15) is 0 Å². The zero-order valence-electron chi connectivity index (χ0n) is 26.1. The summed E-state index contributed by atoms with van der Waals surface area (Å²) in [5, 5.41) is 1.02. The van der Waals surface area contributed by atoms with Crippen LogP contribution in [-0.2, 0) is 0 Å². The van der Waals surface area contributed by atoms with Gasteiger partial charge in [0.15, 0.2) is 17.5 Å². The number of benzene rings is 5. The molecule has 0 atom stereocenters. The third-order valence-corrected chi connectivity index (χ3v) is 9.66. The van der Waals surface area contributed by atoms with Crippen LogP contribution in [0.4, 0.5) is 0 Å². The summed E-state index contributed by atoms with van der Waals surface area (Å²) in [4.78, 5) is 29.8. The average Bonchev–Trinajstić information content (AvgIpc) is 3.57. The molecule has 0 amide bonds. The average molecular weight is 647 g/mol. The fourth-order valence-electron chi connectivity index (χ4n) is 6.03. The number of pyridine rings is 1. The Labute approximate surface area is 286 Å². The molecule has 0 N–H and O–H groups in total. The van der Waals surface area contributed by atoms with Gasteiger partial charge in [0.1, 0.15) is 11.2 Å². The lowest BCUT2D eigenvalue weighted by atomic mass is 10.0. The molecule has 0 aliphatic heterocycles. The van der Waals surface area contributed by atoms with Gasteiger partial charge in [-0.05, 0) is 22.8 Å². The summed E-state index contributed by atoms with van der Waals surface area (Å²) in [6, 6.07) is 49.5. The van der Waals surface area contributed by atoms with Crippen molar-refractivity contribution in [1.29, 1.82) is 0 Å². The van der Waals surface area contributed by atoms with Crippen molar-refractivity contribution < 1.29 is 0 Å². The molecule has 9 rings (SSSR count). The van der Waals surface area contributed by atoms with Crippen LogP contribution >= 0.6 is 11.3 Å². The lowest BCUT2D eigenvalue weighted by molar-refractivity contribution is 1.07. The quantitative estimate of drug-likeness (QED) is 0.179. The van der Waals surface area contributed by atoms with Gasteiger partial charge in [0.25, 0.3) is 0 Å². The largest absolute Gasteiger partial charge is 0.245 e. The molecule has 7 heteroatoms. The molecule has 9 aromatic rings. The molecule has 4 heterocycles. The molecule has 4 aromatic heterocycles. The Balaban J connectivity index is 1.08. The highest BCUT2D eigenvalue weighted by atomic mass is 32.1. The SMILES string of the molecule is c1ccc(-c2ccc(-c3nc(-c4ccccc4)nc(-c4ccc(-c5cnc6sc7c(-c8ccccc8)ncnc7c6c5)cc4)n3)cc2)cc1. The maximum absolute atomic E-state index is 4.96. The number of hydrogen-bond acceptors (Lipinski definition) is 7. The van der Waals surface area contributed by atoms with Crippen LogP contribution in [0.1, 0.15) is 0 Å². The molecule has 0 bridgehead atoms. The summed E-state index contributed by atoms with van der Waals surface area (Å²) < 4.78 is 1.04. The Morgan fingerprint density at radius 1 is 0.388 bits per heavy atom. The van der Waals surface area contributed by atoms with Gasteiger partial charge in [-0.3, -0.25) is 0 Å². The van der Waals surface area contributed by atoms with Gasteiger partial charge in [0.05, 0.1) is 15.9 Å². The molecule has 0 saturated carbocycles. The number of rotatable bonds is 6. The van der Waals surface area contributed by atoms with E-state index in [4.69, 9.17) is 19.9 Å². The van der Waals surface area contributed by atoms with Crippen LogP contribution in [0.2, 0.25) is 0 Å². The van der Waals surface area contributed by atoms with Crippen molar-refractivity contribution in [2.45, 2.75) is 0 Å².